The standard InChI is InChI=1S/C15H25N5O2/c1-15(2)8-11(9-22-15)20-6-4-10(5-7-20)12-17-13(19-18-12)14(21)16-3/h10-11H,4-9H2,1-3H3,(H,16,21)(H,17,18,19). The molecular weight excluding hydrogens is 282 g/mol. The fourth-order valence-electron chi connectivity index (χ4n) is 3.45. The molecule has 2 aliphatic rings. The van der Waals surface area contributed by atoms with Crippen LogP contribution >= 0.6 is 0 Å². The summed E-state index contributed by atoms with van der Waals surface area (Å²) in [7, 11) is 1.59. The number of aromatic amines is 1. The fourth-order valence-corrected chi connectivity index (χ4v) is 3.45. The molecule has 0 bridgehead atoms. The van der Waals surface area contributed by atoms with E-state index in [-0.39, 0.29) is 17.3 Å². The van der Waals surface area contributed by atoms with Gasteiger partial charge in [0.25, 0.3) is 5.91 Å². The molecule has 22 heavy (non-hydrogen) atoms. The zero-order chi connectivity index (χ0) is 15.7. The number of hydrogen-bond acceptors (Lipinski definition) is 5. The second-order valence-corrected chi connectivity index (χ2v) is 6.86. The molecule has 0 aromatic carbocycles. The Kier molecular flexibility index (Phi) is 4.18. The molecule has 3 heterocycles. The first-order chi connectivity index (χ1) is 10.5. The van der Waals surface area contributed by atoms with Gasteiger partial charge in [-0.2, -0.15) is 0 Å². The van der Waals surface area contributed by atoms with Crippen molar-refractivity contribution in [2.24, 2.45) is 0 Å². The minimum Gasteiger partial charge on any atom is -0.374 e. The van der Waals surface area contributed by atoms with Crippen molar-refractivity contribution in [2.45, 2.75) is 50.7 Å². The number of amides is 1. The van der Waals surface area contributed by atoms with Gasteiger partial charge in [0, 0.05) is 19.0 Å². The summed E-state index contributed by atoms with van der Waals surface area (Å²) in [5.74, 6) is 1.18. The van der Waals surface area contributed by atoms with Crippen molar-refractivity contribution in [2.75, 3.05) is 26.7 Å². The van der Waals surface area contributed by atoms with Crippen molar-refractivity contribution in [3.63, 3.8) is 0 Å². The lowest BCUT2D eigenvalue weighted by Crippen LogP contribution is -2.41. The Hall–Kier alpha value is -1.47. The van der Waals surface area contributed by atoms with E-state index in [9.17, 15) is 4.79 Å². The third-order valence-electron chi connectivity index (χ3n) is 4.76. The summed E-state index contributed by atoms with van der Waals surface area (Å²) >= 11 is 0. The number of carbonyl (C=O) groups excluding carboxylic acids is 1. The number of nitrogens with zero attached hydrogens (tertiary/aromatic N) is 3. The SMILES string of the molecule is CNC(=O)c1n[nH]c(C2CCN(C3COC(C)(C)C3)CC2)n1. The second kappa shape index (κ2) is 5.96. The average molecular weight is 307 g/mol. The number of rotatable bonds is 3. The van der Waals surface area contributed by atoms with Crippen LogP contribution in [-0.4, -0.2) is 64.4 Å². The summed E-state index contributed by atoms with van der Waals surface area (Å²) < 4.78 is 5.85. The van der Waals surface area contributed by atoms with Crippen LogP contribution in [0.2, 0.25) is 0 Å². The van der Waals surface area contributed by atoms with Gasteiger partial charge in [-0.25, -0.2) is 4.98 Å². The van der Waals surface area contributed by atoms with Crippen molar-refractivity contribution in [3.05, 3.63) is 11.6 Å². The lowest BCUT2D eigenvalue weighted by molar-refractivity contribution is 0.0318. The Bertz CT molecular complexity index is 534. The number of likely N-dealkylation sites (tertiary alicyclic amines) is 1. The molecule has 0 saturated carbocycles. The molecule has 1 amide bonds. The molecule has 2 saturated heterocycles. The molecule has 1 aromatic heterocycles. The van der Waals surface area contributed by atoms with Crippen LogP contribution in [0.1, 0.15) is 55.5 Å². The van der Waals surface area contributed by atoms with Crippen molar-refractivity contribution < 1.29 is 9.53 Å². The Morgan fingerprint density at radius 1 is 1.41 bits per heavy atom. The summed E-state index contributed by atoms with van der Waals surface area (Å²) in [5.41, 5.74) is 0.00879. The summed E-state index contributed by atoms with van der Waals surface area (Å²) in [6, 6.07) is 0.534. The third kappa shape index (κ3) is 3.15. The van der Waals surface area contributed by atoms with E-state index in [1.807, 2.05) is 0 Å². The molecule has 7 nitrogen and oxygen atoms in total. The Labute approximate surface area is 130 Å². The molecular formula is C15H25N5O2. The molecule has 1 unspecified atom stereocenters. The maximum atomic E-state index is 11.5. The van der Waals surface area contributed by atoms with E-state index >= 15 is 0 Å². The predicted molar refractivity (Wildman–Crippen MR) is 81.8 cm³/mol. The number of aromatic nitrogens is 3. The smallest absolute Gasteiger partial charge is 0.290 e. The van der Waals surface area contributed by atoms with E-state index in [0.717, 1.165) is 44.8 Å². The first-order valence-corrected chi connectivity index (χ1v) is 8.01. The van der Waals surface area contributed by atoms with Crippen LogP contribution in [0.4, 0.5) is 0 Å². The molecule has 2 fully saturated rings. The van der Waals surface area contributed by atoms with Gasteiger partial charge in [-0.3, -0.25) is 14.8 Å². The second-order valence-electron chi connectivity index (χ2n) is 6.86. The zero-order valence-electron chi connectivity index (χ0n) is 13.6. The number of H-pyrrole nitrogens is 1. The topological polar surface area (TPSA) is 83.1 Å². The highest BCUT2D eigenvalue weighted by atomic mass is 16.5. The Balaban J connectivity index is 1.56. The summed E-state index contributed by atoms with van der Waals surface area (Å²) in [4.78, 5) is 18.4. The highest BCUT2D eigenvalue weighted by Gasteiger charge is 2.37. The van der Waals surface area contributed by atoms with Gasteiger partial charge in [0.05, 0.1) is 12.2 Å². The van der Waals surface area contributed by atoms with E-state index in [4.69, 9.17) is 4.74 Å². The van der Waals surface area contributed by atoms with E-state index in [1.54, 1.807) is 7.05 Å². The fraction of sp³-hybridized carbons (Fsp3) is 0.800. The van der Waals surface area contributed by atoms with E-state index in [2.05, 4.69) is 39.2 Å². The largest absolute Gasteiger partial charge is 0.374 e. The predicted octanol–water partition coefficient (Wildman–Crippen LogP) is 0.911. The lowest BCUT2D eigenvalue weighted by Gasteiger charge is -2.34. The number of piperidine rings is 1. The van der Waals surface area contributed by atoms with Gasteiger partial charge in [-0.15, -0.1) is 5.10 Å². The van der Waals surface area contributed by atoms with Gasteiger partial charge >= 0.3 is 0 Å². The van der Waals surface area contributed by atoms with Crippen LogP contribution in [0.3, 0.4) is 0 Å². The van der Waals surface area contributed by atoms with Gasteiger partial charge in [0.1, 0.15) is 5.82 Å². The zero-order valence-corrected chi connectivity index (χ0v) is 13.6. The van der Waals surface area contributed by atoms with E-state index in [0.29, 0.717) is 12.0 Å². The van der Waals surface area contributed by atoms with Crippen LogP contribution in [-0.2, 0) is 4.74 Å². The molecule has 2 aliphatic heterocycles. The van der Waals surface area contributed by atoms with Gasteiger partial charge < -0.3 is 10.1 Å². The molecule has 3 rings (SSSR count). The maximum Gasteiger partial charge on any atom is 0.290 e. The van der Waals surface area contributed by atoms with Crippen molar-refractivity contribution in [3.8, 4) is 0 Å². The minimum atomic E-state index is -0.245. The number of nitrogens with one attached hydrogen (secondary N) is 2. The maximum absolute atomic E-state index is 11.5. The van der Waals surface area contributed by atoms with E-state index < -0.39 is 0 Å². The summed E-state index contributed by atoms with van der Waals surface area (Å²) in [5, 5.41) is 9.46. The van der Waals surface area contributed by atoms with Crippen LogP contribution in [0.25, 0.3) is 0 Å². The van der Waals surface area contributed by atoms with Crippen molar-refractivity contribution in [1.82, 2.24) is 25.4 Å². The van der Waals surface area contributed by atoms with Crippen molar-refractivity contribution in [1.29, 1.82) is 0 Å². The van der Waals surface area contributed by atoms with Gasteiger partial charge in [-0.1, -0.05) is 0 Å². The first kappa shape index (κ1) is 15.4. The molecule has 2 N–H and O–H groups in total. The van der Waals surface area contributed by atoms with Gasteiger partial charge in [-0.05, 0) is 46.2 Å². The first-order valence-electron chi connectivity index (χ1n) is 8.01. The lowest BCUT2D eigenvalue weighted by atomic mass is 9.93. The van der Waals surface area contributed by atoms with Gasteiger partial charge in [0.15, 0.2) is 0 Å². The minimum absolute atomic E-state index is 0.00879. The summed E-state index contributed by atoms with van der Waals surface area (Å²) in [6.45, 7) is 7.25. The Morgan fingerprint density at radius 3 is 2.73 bits per heavy atom. The average Bonchev–Trinajstić information content (AvgIpc) is 3.13. The molecule has 0 aliphatic carbocycles. The number of ether oxygens (including phenoxy) is 1. The van der Waals surface area contributed by atoms with Crippen LogP contribution in [0, 0.1) is 0 Å². The molecule has 0 spiro atoms. The van der Waals surface area contributed by atoms with Gasteiger partial charge in [0.2, 0.25) is 5.82 Å². The highest BCUT2D eigenvalue weighted by molar-refractivity contribution is 5.89. The normalized spacial score (nSPS) is 26.2. The quantitative estimate of drug-likeness (QED) is 0.867. The molecule has 1 atom stereocenters. The molecule has 0 radical (unpaired) electrons. The molecule has 7 heteroatoms. The van der Waals surface area contributed by atoms with Crippen LogP contribution < -0.4 is 5.32 Å². The van der Waals surface area contributed by atoms with E-state index in [1.165, 1.54) is 0 Å². The highest BCUT2D eigenvalue weighted by Crippen LogP contribution is 2.32. The number of hydrogen-bond donors (Lipinski definition) is 2. The summed E-state index contributed by atoms with van der Waals surface area (Å²) in [6.07, 6.45) is 3.18. The third-order valence-corrected chi connectivity index (χ3v) is 4.76. The van der Waals surface area contributed by atoms with Crippen LogP contribution in [0.5, 0.6) is 0 Å². The number of carbonyl (C=O) groups is 1. The monoisotopic (exact) mass is 307 g/mol. The molecule has 122 valence electrons. The van der Waals surface area contributed by atoms with Crippen molar-refractivity contribution >= 4 is 5.91 Å². The van der Waals surface area contributed by atoms with Crippen LogP contribution in [0.15, 0.2) is 0 Å². The Morgan fingerprint density at radius 2 is 2.14 bits per heavy atom. The molecule has 1 aromatic rings.